The molecule has 3 aliphatic rings. The summed E-state index contributed by atoms with van der Waals surface area (Å²) in [7, 11) is 0. The molecule has 0 saturated heterocycles. The zero-order valence-corrected chi connectivity index (χ0v) is 21.2. The van der Waals surface area contributed by atoms with Gasteiger partial charge in [0.15, 0.2) is 5.78 Å². The molecule has 1 atom stereocenters. The van der Waals surface area contributed by atoms with E-state index in [2.05, 4.69) is 91.9 Å². The first-order valence-electron chi connectivity index (χ1n) is 13.5. The number of nitrogens with zero attached hydrogens (tertiary/aromatic N) is 1. The quantitative estimate of drug-likeness (QED) is 0.382. The molecule has 2 aromatic rings. The summed E-state index contributed by atoms with van der Waals surface area (Å²) in [6.45, 7) is 4.52. The van der Waals surface area contributed by atoms with Crippen LogP contribution in [-0.2, 0) is 12.8 Å². The van der Waals surface area contributed by atoms with Crippen LogP contribution >= 0.6 is 0 Å². The number of rotatable bonds is 7. The lowest BCUT2D eigenvalue weighted by molar-refractivity contribution is 0.0994. The van der Waals surface area contributed by atoms with Gasteiger partial charge in [-0.25, -0.2) is 0 Å². The fourth-order valence-electron chi connectivity index (χ4n) is 6.12. The number of anilines is 1. The summed E-state index contributed by atoms with van der Waals surface area (Å²) in [6, 6.07) is 11.4. The molecule has 2 aliphatic carbocycles. The lowest BCUT2D eigenvalue weighted by Crippen LogP contribution is -2.08. The maximum Gasteiger partial charge on any atom is 0.163 e. The Labute approximate surface area is 210 Å². The lowest BCUT2D eigenvalue weighted by Gasteiger charge is -2.23. The van der Waals surface area contributed by atoms with E-state index in [1.165, 1.54) is 59.2 Å². The number of benzene rings is 2. The molecule has 35 heavy (non-hydrogen) atoms. The van der Waals surface area contributed by atoms with Crippen LogP contribution in [0.3, 0.4) is 0 Å². The molecule has 0 bridgehead atoms. The van der Waals surface area contributed by atoms with Crippen LogP contribution < -0.4 is 4.90 Å². The van der Waals surface area contributed by atoms with Crippen molar-refractivity contribution in [1.82, 2.24) is 0 Å². The summed E-state index contributed by atoms with van der Waals surface area (Å²) < 4.78 is 0. The van der Waals surface area contributed by atoms with E-state index in [-0.39, 0.29) is 0 Å². The van der Waals surface area contributed by atoms with Crippen LogP contribution in [0.15, 0.2) is 78.7 Å². The van der Waals surface area contributed by atoms with Crippen molar-refractivity contribution in [3.05, 3.63) is 101 Å². The molecule has 1 heterocycles. The molecule has 0 saturated carbocycles. The van der Waals surface area contributed by atoms with Crippen molar-refractivity contribution in [2.45, 2.75) is 77.6 Å². The van der Waals surface area contributed by atoms with Crippen LogP contribution in [-0.4, -0.2) is 5.78 Å². The van der Waals surface area contributed by atoms with Gasteiger partial charge >= 0.3 is 0 Å². The molecule has 5 rings (SSSR count). The predicted molar refractivity (Wildman–Crippen MR) is 148 cm³/mol. The fraction of sp³-hybridized carbons (Fsp3) is 0.364. The Hall–Kier alpha value is -3.13. The van der Waals surface area contributed by atoms with Crippen molar-refractivity contribution in [1.29, 1.82) is 0 Å². The molecular formula is C33H37NO. The number of carbonyl (C=O) groups excluding carboxylic acids is 1. The number of hydrogen-bond acceptors (Lipinski definition) is 2. The highest BCUT2D eigenvalue weighted by Gasteiger charge is 2.29. The Morgan fingerprint density at radius 2 is 1.80 bits per heavy atom. The van der Waals surface area contributed by atoms with Crippen molar-refractivity contribution in [2.24, 2.45) is 0 Å². The molecule has 2 heteroatoms. The van der Waals surface area contributed by atoms with E-state index >= 15 is 0 Å². The molecule has 0 fully saturated rings. The van der Waals surface area contributed by atoms with E-state index in [4.69, 9.17) is 0 Å². The van der Waals surface area contributed by atoms with Crippen LogP contribution in [0.25, 0.3) is 11.1 Å². The summed E-state index contributed by atoms with van der Waals surface area (Å²) in [5, 5.41) is 0. The Balaban J connectivity index is 1.55. The van der Waals surface area contributed by atoms with Crippen molar-refractivity contribution in [2.75, 3.05) is 4.90 Å². The standard InChI is InChI=1S/C33H37NO/c1-3-10-24(4-2)11-9-12-25-13-14-26-15-17-29-30(19-20-32(29)35)33(26)31-23-27(16-18-28(25)31)34-21-7-5-6-8-22-34/h5-8,10,15-18,21-23,25H,3-4,9,11-14,19-20H2,1-2H3. The van der Waals surface area contributed by atoms with E-state index in [1.807, 2.05) is 0 Å². The highest BCUT2D eigenvalue weighted by atomic mass is 16.1. The Morgan fingerprint density at radius 3 is 2.57 bits per heavy atom. The summed E-state index contributed by atoms with van der Waals surface area (Å²) in [6.07, 6.45) is 24.7. The van der Waals surface area contributed by atoms with Gasteiger partial charge in [0.2, 0.25) is 0 Å². The average Bonchev–Trinajstić information content (AvgIpc) is 3.05. The molecule has 0 aromatic heterocycles. The molecule has 1 aliphatic heterocycles. The topological polar surface area (TPSA) is 20.3 Å². The number of fused-ring (bicyclic) bond motifs is 5. The number of Topliss-reactive ketones (excluding diaryl/α,β-unsaturated/α-hetero) is 1. The normalized spacial score (nSPS) is 18.8. The summed E-state index contributed by atoms with van der Waals surface area (Å²) in [5.74, 6) is 0.858. The number of carbonyl (C=O) groups is 1. The van der Waals surface area contributed by atoms with Gasteiger partial charge in [-0.3, -0.25) is 4.79 Å². The third kappa shape index (κ3) is 4.85. The molecule has 2 aromatic carbocycles. The summed E-state index contributed by atoms with van der Waals surface area (Å²) in [5.41, 5.74) is 10.6. The molecule has 0 radical (unpaired) electrons. The second kappa shape index (κ2) is 10.6. The minimum Gasteiger partial charge on any atom is -0.324 e. The third-order valence-electron chi connectivity index (χ3n) is 7.93. The van der Waals surface area contributed by atoms with E-state index in [1.54, 1.807) is 5.57 Å². The first kappa shape index (κ1) is 23.6. The first-order valence-corrected chi connectivity index (χ1v) is 13.5. The van der Waals surface area contributed by atoms with Gasteiger partial charge in [0.05, 0.1) is 0 Å². The van der Waals surface area contributed by atoms with Crippen LogP contribution in [0.4, 0.5) is 5.69 Å². The lowest BCUT2D eigenvalue weighted by atomic mass is 9.85. The van der Waals surface area contributed by atoms with E-state index in [0.29, 0.717) is 18.1 Å². The smallest absolute Gasteiger partial charge is 0.163 e. The van der Waals surface area contributed by atoms with Crippen molar-refractivity contribution >= 4 is 11.5 Å². The van der Waals surface area contributed by atoms with E-state index in [9.17, 15) is 4.79 Å². The number of hydrogen-bond donors (Lipinski definition) is 0. The second-order valence-electron chi connectivity index (χ2n) is 10.0. The van der Waals surface area contributed by atoms with Crippen molar-refractivity contribution < 1.29 is 4.79 Å². The number of ketones is 1. The van der Waals surface area contributed by atoms with Crippen molar-refractivity contribution in [3.8, 4) is 11.1 Å². The van der Waals surface area contributed by atoms with E-state index < -0.39 is 0 Å². The maximum atomic E-state index is 12.6. The van der Waals surface area contributed by atoms with Gasteiger partial charge in [-0.2, -0.15) is 0 Å². The molecular weight excluding hydrogens is 426 g/mol. The molecule has 0 amide bonds. The molecule has 0 N–H and O–H groups in total. The highest BCUT2D eigenvalue weighted by Crippen LogP contribution is 2.46. The largest absolute Gasteiger partial charge is 0.324 e. The Morgan fingerprint density at radius 1 is 0.971 bits per heavy atom. The minimum absolute atomic E-state index is 0.306. The van der Waals surface area contributed by atoms with Crippen molar-refractivity contribution in [3.63, 3.8) is 0 Å². The summed E-state index contributed by atoms with van der Waals surface area (Å²) >= 11 is 0. The third-order valence-corrected chi connectivity index (χ3v) is 7.93. The monoisotopic (exact) mass is 463 g/mol. The number of aryl methyl sites for hydroxylation is 1. The molecule has 2 nitrogen and oxygen atoms in total. The van der Waals surface area contributed by atoms with Gasteiger partial charge in [0.1, 0.15) is 0 Å². The second-order valence-corrected chi connectivity index (χ2v) is 10.0. The zero-order valence-electron chi connectivity index (χ0n) is 21.2. The van der Waals surface area contributed by atoms with Gasteiger partial charge in [0.25, 0.3) is 0 Å². The van der Waals surface area contributed by atoms with Gasteiger partial charge in [-0.1, -0.05) is 55.8 Å². The van der Waals surface area contributed by atoms with Gasteiger partial charge < -0.3 is 4.90 Å². The highest BCUT2D eigenvalue weighted by molar-refractivity contribution is 6.03. The SMILES string of the molecule is CCC=C(CC)CCCC1CCc2ccc3c(c2-c2cc(N4C=CC=CC=C4)ccc21)CCC3=O. The van der Waals surface area contributed by atoms with Crippen LogP contribution in [0.5, 0.6) is 0 Å². The average molecular weight is 464 g/mol. The maximum absolute atomic E-state index is 12.6. The van der Waals surface area contributed by atoms with Crippen LogP contribution in [0.2, 0.25) is 0 Å². The summed E-state index contributed by atoms with van der Waals surface area (Å²) in [4.78, 5) is 14.8. The predicted octanol–water partition coefficient (Wildman–Crippen LogP) is 8.83. The minimum atomic E-state index is 0.306. The van der Waals surface area contributed by atoms with E-state index in [0.717, 1.165) is 31.2 Å². The number of allylic oxidation sites excluding steroid dienone is 6. The fourth-order valence-corrected chi connectivity index (χ4v) is 6.12. The van der Waals surface area contributed by atoms with Crippen LogP contribution in [0, 0.1) is 0 Å². The van der Waals surface area contributed by atoms with Gasteiger partial charge in [-0.05, 0) is 109 Å². The molecule has 180 valence electrons. The Kier molecular flexibility index (Phi) is 7.18. The van der Waals surface area contributed by atoms with Crippen LogP contribution in [0.1, 0.15) is 91.8 Å². The Bertz CT molecular complexity index is 1210. The first-order chi connectivity index (χ1) is 17.2. The van der Waals surface area contributed by atoms with Gasteiger partial charge in [-0.15, -0.1) is 0 Å². The molecule has 1 unspecified atom stereocenters. The molecule has 0 spiro atoms. The zero-order chi connectivity index (χ0) is 24.2. The van der Waals surface area contributed by atoms with Gasteiger partial charge in [0, 0.05) is 30.1 Å².